The van der Waals surface area contributed by atoms with Crippen LogP contribution in [0.4, 0.5) is 21.8 Å². The molecule has 0 radical (unpaired) electrons. The minimum atomic E-state index is -0.239. The first-order chi connectivity index (χ1) is 13.7. The molecule has 4 rings (SSSR count). The molecule has 0 unspecified atom stereocenters. The van der Waals surface area contributed by atoms with Crippen molar-refractivity contribution in [2.24, 2.45) is 5.73 Å². The van der Waals surface area contributed by atoms with Crippen LogP contribution in [0.15, 0.2) is 60.8 Å². The number of nitrogens with two attached hydrogens (primary N) is 1. The molecule has 4 N–H and O–H groups in total. The van der Waals surface area contributed by atoms with Gasteiger partial charge in [0.15, 0.2) is 0 Å². The molecule has 1 saturated carbocycles. The van der Waals surface area contributed by atoms with Gasteiger partial charge in [-0.1, -0.05) is 37.1 Å². The van der Waals surface area contributed by atoms with Crippen molar-refractivity contribution in [2.75, 3.05) is 10.6 Å². The molecule has 2 atom stereocenters. The molecule has 28 heavy (non-hydrogen) atoms. The number of aromatic nitrogens is 2. The highest BCUT2D eigenvalue weighted by atomic mass is 19.1. The molecular weight excluding hydrogens is 353 g/mol. The van der Waals surface area contributed by atoms with Gasteiger partial charge in [0, 0.05) is 24.0 Å². The molecule has 2 aromatic carbocycles. The summed E-state index contributed by atoms with van der Waals surface area (Å²) in [7, 11) is 0. The van der Waals surface area contributed by atoms with Crippen LogP contribution in [-0.2, 0) is 0 Å². The Morgan fingerprint density at radius 3 is 2.61 bits per heavy atom. The third-order valence-corrected chi connectivity index (χ3v) is 5.10. The molecule has 0 saturated heterocycles. The molecule has 144 valence electrons. The van der Waals surface area contributed by atoms with E-state index in [1.165, 1.54) is 25.0 Å². The van der Waals surface area contributed by atoms with E-state index in [0.717, 1.165) is 29.7 Å². The van der Waals surface area contributed by atoms with E-state index in [1.54, 1.807) is 18.3 Å². The molecule has 1 heterocycles. The predicted octanol–water partition coefficient (Wildman–Crippen LogP) is 4.71. The Kier molecular flexibility index (Phi) is 5.48. The fourth-order valence-corrected chi connectivity index (χ4v) is 3.57. The fourth-order valence-electron chi connectivity index (χ4n) is 3.57. The summed E-state index contributed by atoms with van der Waals surface area (Å²) in [5, 5.41) is 6.69. The first kappa shape index (κ1) is 18.4. The van der Waals surface area contributed by atoms with Crippen LogP contribution < -0.4 is 16.4 Å². The van der Waals surface area contributed by atoms with Crippen molar-refractivity contribution in [1.82, 2.24) is 9.97 Å². The minimum absolute atomic E-state index is 0.140. The third kappa shape index (κ3) is 4.46. The van der Waals surface area contributed by atoms with Gasteiger partial charge < -0.3 is 16.4 Å². The Labute approximate surface area is 164 Å². The molecule has 0 aliphatic heterocycles. The summed E-state index contributed by atoms with van der Waals surface area (Å²) in [6.07, 6.45) is 6.18. The standard InChI is InChI=1S/C22H24FN5/c23-17-10-8-15(9-11-17)16-4-3-5-18(14-16)26-21-12-13-25-22(28-21)27-20-7-2-1-6-19(20)24/h3-5,8-14,19-20H,1-2,6-7,24H2,(H2,25,26,27,28)/t19-,20+/m0/s1. The van der Waals surface area contributed by atoms with Crippen molar-refractivity contribution in [1.29, 1.82) is 0 Å². The minimum Gasteiger partial charge on any atom is -0.350 e. The molecule has 1 fully saturated rings. The summed E-state index contributed by atoms with van der Waals surface area (Å²) in [5.74, 6) is 1.05. The van der Waals surface area contributed by atoms with Gasteiger partial charge in [-0.15, -0.1) is 0 Å². The van der Waals surface area contributed by atoms with Gasteiger partial charge in [-0.3, -0.25) is 0 Å². The molecule has 6 heteroatoms. The van der Waals surface area contributed by atoms with Crippen LogP contribution in [0.2, 0.25) is 0 Å². The number of anilines is 3. The number of rotatable bonds is 5. The zero-order valence-corrected chi connectivity index (χ0v) is 15.6. The van der Waals surface area contributed by atoms with Gasteiger partial charge in [-0.05, 0) is 54.3 Å². The number of hydrogen-bond donors (Lipinski definition) is 3. The van der Waals surface area contributed by atoms with E-state index < -0.39 is 0 Å². The lowest BCUT2D eigenvalue weighted by molar-refractivity contribution is 0.402. The number of nitrogens with one attached hydrogen (secondary N) is 2. The van der Waals surface area contributed by atoms with E-state index in [4.69, 9.17) is 5.73 Å². The molecule has 0 spiro atoms. The molecule has 0 bridgehead atoms. The monoisotopic (exact) mass is 377 g/mol. The summed E-state index contributed by atoms with van der Waals surface area (Å²) < 4.78 is 13.2. The highest BCUT2D eigenvalue weighted by Crippen LogP contribution is 2.25. The van der Waals surface area contributed by atoms with E-state index in [-0.39, 0.29) is 17.9 Å². The van der Waals surface area contributed by atoms with Crippen molar-refractivity contribution in [3.05, 3.63) is 66.6 Å². The Morgan fingerprint density at radius 2 is 1.79 bits per heavy atom. The summed E-state index contributed by atoms with van der Waals surface area (Å²) in [4.78, 5) is 8.90. The van der Waals surface area contributed by atoms with Crippen LogP contribution in [-0.4, -0.2) is 22.1 Å². The zero-order chi connectivity index (χ0) is 19.3. The van der Waals surface area contributed by atoms with Gasteiger partial charge in [0.2, 0.25) is 5.95 Å². The van der Waals surface area contributed by atoms with E-state index in [9.17, 15) is 4.39 Å². The molecule has 0 amide bonds. The third-order valence-electron chi connectivity index (χ3n) is 5.10. The van der Waals surface area contributed by atoms with E-state index in [0.29, 0.717) is 11.8 Å². The number of halogens is 1. The zero-order valence-electron chi connectivity index (χ0n) is 15.6. The second kappa shape index (κ2) is 8.35. The number of nitrogens with zero attached hydrogens (tertiary/aromatic N) is 2. The van der Waals surface area contributed by atoms with Crippen molar-refractivity contribution < 1.29 is 4.39 Å². The van der Waals surface area contributed by atoms with Gasteiger partial charge in [0.05, 0.1) is 0 Å². The molecule has 3 aromatic rings. The Hall–Kier alpha value is -2.99. The molecule has 1 aliphatic rings. The van der Waals surface area contributed by atoms with Crippen LogP contribution in [0.3, 0.4) is 0 Å². The van der Waals surface area contributed by atoms with Crippen LogP contribution in [0.25, 0.3) is 11.1 Å². The smallest absolute Gasteiger partial charge is 0.224 e. The van der Waals surface area contributed by atoms with Crippen molar-refractivity contribution in [2.45, 2.75) is 37.8 Å². The largest absolute Gasteiger partial charge is 0.350 e. The van der Waals surface area contributed by atoms with Crippen LogP contribution in [0, 0.1) is 5.82 Å². The van der Waals surface area contributed by atoms with Gasteiger partial charge >= 0.3 is 0 Å². The Balaban J connectivity index is 1.48. The van der Waals surface area contributed by atoms with Crippen molar-refractivity contribution >= 4 is 17.5 Å². The molecule has 1 aliphatic carbocycles. The Bertz CT molecular complexity index is 928. The Morgan fingerprint density at radius 1 is 0.964 bits per heavy atom. The lowest BCUT2D eigenvalue weighted by atomic mass is 9.91. The lowest BCUT2D eigenvalue weighted by Gasteiger charge is -2.29. The van der Waals surface area contributed by atoms with E-state index in [1.807, 2.05) is 30.3 Å². The van der Waals surface area contributed by atoms with Crippen molar-refractivity contribution in [3.8, 4) is 11.1 Å². The SMILES string of the molecule is N[C@H]1CCCC[C@H]1Nc1nccc(Nc2cccc(-c3ccc(F)cc3)c2)n1. The predicted molar refractivity (Wildman–Crippen MR) is 111 cm³/mol. The van der Waals surface area contributed by atoms with E-state index >= 15 is 0 Å². The van der Waals surface area contributed by atoms with Gasteiger partial charge in [-0.25, -0.2) is 9.37 Å². The summed E-state index contributed by atoms with van der Waals surface area (Å²) >= 11 is 0. The first-order valence-electron chi connectivity index (χ1n) is 9.65. The maximum Gasteiger partial charge on any atom is 0.224 e. The molecular formula is C22H24FN5. The van der Waals surface area contributed by atoms with Gasteiger partial charge in [-0.2, -0.15) is 4.98 Å². The topological polar surface area (TPSA) is 75.9 Å². The fraction of sp³-hybridized carbons (Fsp3) is 0.273. The molecule has 1 aromatic heterocycles. The molecule has 5 nitrogen and oxygen atoms in total. The highest BCUT2D eigenvalue weighted by molar-refractivity contribution is 5.70. The second-order valence-corrected chi connectivity index (χ2v) is 7.18. The maximum atomic E-state index is 13.2. The normalized spacial score (nSPS) is 19.2. The van der Waals surface area contributed by atoms with Gasteiger partial charge in [0.1, 0.15) is 11.6 Å². The summed E-state index contributed by atoms with van der Waals surface area (Å²) in [5.41, 5.74) is 9.08. The number of benzene rings is 2. The summed E-state index contributed by atoms with van der Waals surface area (Å²) in [6, 6.07) is 16.6. The van der Waals surface area contributed by atoms with Crippen LogP contribution in [0.1, 0.15) is 25.7 Å². The average Bonchev–Trinajstić information content (AvgIpc) is 2.71. The van der Waals surface area contributed by atoms with Crippen LogP contribution in [0.5, 0.6) is 0 Å². The highest BCUT2D eigenvalue weighted by Gasteiger charge is 2.22. The average molecular weight is 377 g/mol. The van der Waals surface area contributed by atoms with Crippen molar-refractivity contribution in [3.63, 3.8) is 0 Å². The van der Waals surface area contributed by atoms with Crippen LogP contribution >= 0.6 is 0 Å². The first-order valence-corrected chi connectivity index (χ1v) is 9.65. The number of hydrogen-bond acceptors (Lipinski definition) is 5. The second-order valence-electron chi connectivity index (χ2n) is 7.18. The van der Waals surface area contributed by atoms with E-state index in [2.05, 4.69) is 20.6 Å². The lowest BCUT2D eigenvalue weighted by Crippen LogP contribution is -2.42. The van der Waals surface area contributed by atoms with Gasteiger partial charge in [0.25, 0.3) is 0 Å². The maximum absolute atomic E-state index is 13.2. The summed E-state index contributed by atoms with van der Waals surface area (Å²) in [6.45, 7) is 0. The quantitative estimate of drug-likeness (QED) is 0.600.